The normalized spacial score (nSPS) is 12.8. The van der Waals surface area contributed by atoms with Crippen molar-refractivity contribution in [3.05, 3.63) is 23.9 Å². The topological polar surface area (TPSA) is 125 Å². The summed E-state index contributed by atoms with van der Waals surface area (Å²) in [5.74, 6) is 1.41. The molecule has 8 heteroatoms. The Morgan fingerprint density at radius 1 is 1.11 bits per heavy atom. The highest BCUT2D eigenvalue weighted by Gasteiger charge is 2.19. The van der Waals surface area contributed by atoms with E-state index in [1.54, 1.807) is 7.11 Å². The van der Waals surface area contributed by atoms with Crippen molar-refractivity contribution in [3.63, 3.8) is 0 Å². The first-order valence-electron chi connectivity index (χ1n) is 14.1. The lowest BCUT2D eigenvalue weighted by Gasteiger charge is -2.21. The van der Waals surface area contributed by atoms with Crippen LogP contribution in [0.3, 0.4) is 0 Å². The van der Waals surface area contributed by atoms with E-state index >= 15 is 0 Å². The van der Waals surface area contributed by atoms with Gasteiger partial charge in [0.2, 0.25) is 5.91 Å². The van der Waals surface area contributed by atoms with Crippen molar-refractivity contribution in [2.75, 3.05) is 32.1 Å². The number of anilines is 1. The van der Waals surface area contributed by atoms with Crippen LogP contribution in [0.1, 0.15) is 84.1 Å². The van der Waals surface area contributed by atoms with Gasteiger partial charge in [-0.15, -0.1) is 0 Å². The second kappa shape index (κ2) is 17.0. The molecule has 8 nitrogen and oxygen atoms in total. The molecule has 208 valence electrons. The number of hydrogen-bond donors (Lipinski definition) is 4. The number of ether oxygens (including phenoxy) is 2. The summed E-state index contributed by atoms with van der Waals surface area (Å²) in [5.41, 5.74) is 14.5. The molecular formula is C29H49N5O3. The summed E-state index contributed by atoms with van der Waals surface area (Å²) in [4.78, 5) is 16.9. The molecule has 1 aromatic heterocycles. The van der Waals surface area contributed by atoms with Crippen LogP contribution in [0.4, 0.5) is 5.69 Å². The third-order valence-corrected chi connectivity index (χ3v) is 6.68. The van der Waals surface area contributed by atoms with E-state index in [1.807, 2.05) is 12.3 Å². The summed E-state index contributed by atoms with van der Waals surface area (Å²) in [6, 6.07) is 3.76. The van der Waals surface area contributed by atoms with E-state index in [0.29, 0.717) is 26.1 Å². The lowest BCUT2D eigenvalue weighted by Crippen LogP contribution is -2.41. The average Bonchev–Trinajstić information content (AvgIpc) is 2.91. The van der Waals surface area contributed by atoms with Crippen molar-refractivity contribution in [3.8, 4) is 11.5 Å². The summed E-state index contributed by atoms with van der Waals surface area (Å²) < 4.78 is 12.1. The minimum Gasteiger partial charge on any atom is -0.493 e. The smallest absolute Gasteiger partial charge is 0.236 e. The number of unbranched alkanes of at least 4 members (excludes halogenated alkanes) is 4. The molecule has 0 aliphatic rings. The van der Waals surface area contributed by atoms with Crippen molar-refractivity contribution in [2.45, 2.75) is 97.1 Å². The fraction of sp³-hybridized carbons (Fsp3) is 0.655. The zero-order valence-corrected chi connectivity index (χ0v) is 23.4. The zero-order chi connectivity index (χ0) is 27.0. The van der Waals surface area contributed by atoms with Gasteiger partial charge in [0.05, 0.1) is 36.3 Å². The summed E-state index contributed by atoms with van der Waals surface area (Å²) in [5, 5.41) is 7.60. The number of fused-ring (bicyclic) bond motifs is 1. The third-order valence-electron chi connectivity index (χ3n) is 6.68. The number of aryl methyl sites for hydroxylation is 1. The van der Waals surface area contributed by atoms with E-state index in [2.05, 4.69) is 37.5 Å². The monoisotopic (exact) mass is 515 g/mol. The molecule has 2 atom stereocenters. The molecule has 0 aliphatic heterocycles. The first kappa shape index (κ1) is 30.6. The highest BCUT2D eigenvalue weighted by molar-refractivity contribution is 5.99. The van der Waals surface area contributed by atoms with E-state index in [0.717, 1.165) is 73.0 Å². The first-order valence-corrected chi connectivity index (χ1v) is 14.1. The number of hydrogen-bond acceptors (Lipinski definition) is 7. The number of carbonyl (C=O) groups is 1. The second-order valence-electron chi connectivity index (χ2n) is 9.78. The van der Waals surface area contributed by atoms with Gasteiger partial charge in [0.25, 0.3) is 0 Å². The van der Waals surface area contributed by atoms with Crippen molar-refractivity contribution >= 4 is 22.5 Å². The fourth-order valence-corrected chi connectivity index (χ4v) is 4.48. The van der Waals surface area contributed by atoms with Gasteiger partial charge in [0, 0.05) is 24.8 Å². The Hall–Kier alpha value is -2.58. The van der Waals surface area contributed by atoms with Gasteiger partial charge in [0.15, 0.2) is 11.5 Å². The van der Waals surface area contributed by atoms with Crippen LogP contribution in [0.15, 0.2) is 18.3 Å². The van der Waals surface area contributed by atoms with Gasteiger partial charge in [-0.25, -0.2) is 0 Å². The Balaban J connectivity index is 2.05. The fourth-order valence-electron chi connectivity index (χ4n) is 4.48. The molecular weight excluding hydrogens is 466 g/mol. The first-order chi connectivity index (χ1) is 18.0. The minimum absolute atomic E-state index is 0.0880. The SMILES string of the molecule is CCCCCCOc1c(OC)cc(NC(C)CCCNC(=O)[C@@H](N)CCCCN)c2nccc(CC)c12. The molecule has 2 rings (SSSR count). The maximum atomic E-state index is 12.2. The lowest BCUT2D eigenvalue weighted by atomic mass is 10.0. The number of amides is 1. The molecule has 1 unspecified atom stereocenters. The zero-order valence-electron chi connectivity index (χ0n) is 23.4. The number of aromatic nitrogens is 1. The Kier molecular flexibility index (Phi) is 14.1. The van der Waals surface area contributed by atoms with Gasteiger partial charge < -0.3 is 31.6 Å². The average molecular weight is 516 g/mol. The molecule has 0 spiro atoms. The molecule has 0 aliphatic carbocycles. The highest BCUT2D eigenvalue weighted by Crippen LogP contribution is 2.42. The van der Waals surface area contributed by atoms with Gasteiger partial charge in [-0.1, -0.05) is 39.5 Å². The highest BCUT2D eigenvalue weighted by atomic mass is 16.5. The third kappa shape index (κ3) is 9.67. The van der Waals surface area contributed by atoms with Crippen LogP contribution < -0.4 is 31.6 Å². The largest absolute Gasteiger partial charge is 0.493 e. The maximum Gasteiger partial charge on any atom is 0.236 e. The number of nitrogens with two attached hydrogens (primary N) is 2. The van der Waals surface area contributed by atoms with Gasteiger partial charge in [-0.3, -0.25) is 9.78 Å². The van der Waals surface area contributed by atoms with E-state index in [9.17, 15) is 4.79 Å². The van der Waals surface area contributed by atoms with Gasteiger partial charge in [-0.05, 0) is 63.6 Å². The summed E-state index contributed by atoms with van der Waals surface area (Å²) in [7, 11) is 1.68. The Bertz CT molecular complexity index is 953. The number of benzene rings is 1. The lowest BCUT2D eigenvalue weighted by molar-refractivity contribution is -0.122. The second-order valence-corrected chi connectivity index (χ2v) is 9.78. The molecule has 0 saturated heterocycles. The van der Waals surface area contributed by atoms with E-state index < -0.39 is 6.04 Å². The van der Waals surface area contributed by atoms with Crippen LogP contribution in [-0.2, 0) is 11.2 Å². The van der Waals surface area contributed by atoms with E-state index in [4.69, 9.17) is 25.9 Å². The van der Waals surface area contributed by atoms with Crippen molar-refractivity contribution < 1.29 is 14.3 Å². The Morgan fingerprint density at radius 3 is 2.62 bits per heavy atom. The Morgan fingerprint density at radius 2 is 1.92 bits per heavy atom. The van der Waals surface area contributed by atoms with Crippen LogP contribution in [0.25, 0.3) is 10.9 Å². The predicted octanol–water partition coefficient (Wildman–Crippen LogP) is 4.92. The molecule has 37 heavy (non-hydrogen) atoms. The predicted molar refractivity (Wildman–Crippen MR) is 154 cm³/mol. The number of methoxy groups -OCH3 is 1. The van der Waals surface area contributed by atoms with Crippen LogP contribution in [-0.4, -0.2) is 49.8 Å². The number of nitrogens with one attached hydrogen (secondary N) is 2. The van der Waals surface area contributed by atoms with Crippen LogP contribution in [0, 0.1) is 0 Å². The molecule has 0 fully saturated rings. The van der Waals surface area contributed by atoms with Crippen LogP contribution >= 0.6 is 0 Å². The Labute approximate surface area is 223 Å². The van der Waals surface area contributed by atoms with Crippen LogP contribution in [0.5, 0.6) is 11.5 Å². The number of pyridine rings is 1. The number of rotatable bonds is 19. The molecule has 0 saturated carbocycles. The standard InChI is InChI=1S/C29H49N5O3/c1-5-7-8-11-19-37-28-25(36-4)20-24(27-26(28)22(6-2)15-18-32-27)34-21(3)13-12-17-33-29(35)23(31)14-9-10-16-30/h15,18,20-21,23,34H,5-14,16-17,19,30-31H2,1-4H3,(H,33,35)/t21?,23-/m0/s1. The van der Waals surface area contributed by atoms with Crippen LogP contribution in [0.2, 0.25) is 0 Å². The number of carbonyl (C=O) groups excluding carboxylic acids is 1. The maximum absolute atomic E-state index is 12.2. The van der Waals surface area contributed by atoms with Gasteiger partial charge >= 0.3 is 0 Å². The molecule has 1 heterocycles. The molecule has 0 radical (unpaired) electrons. The van der Waals surface area contributed by atoms with Crippen molar-refractivity contribution in [1.82, 2.24) is 10.3 Å². The van der Waals surface area contributed by atoms with Crippen molar-refractivity contribution in [1.29, 1.82) is 0 Å². The van der Waals surface area contributed by atoms with Crippen molar-refractivity contribution in [2.24, 2.45) is 11.5 Å². The quantitative estimate of drug-likeness (QED) is 0.196. The summed E-state index contributed by atoms with van der Waals surface area (Å²) >= 11 is 0. The van der Waals surface area contributed by atoms with Gasteiger partial charge in [0.1, 0.15) is 0 Å². The molecule has 2 aromatic rings. The number of nitrogens with zero attached hydrogens (tertiary/aromatic N) is 1. The minimum atomic E-state index is -0.466. The summed E-state index contributed by atoms with van der Waals surface area (Å²) in [6.07, 6.45) is 11.5. The molecule has 1 amide bonds. The van der Waals surface area contributed by atoms with E-state index in [-0.39, 0.29) is 11.9 Å². The molecule has 0 bridgehead atoms. The summed E-state index contributed by atoms with van der Waals surface area (Å²) in [6.45, 7) is 8.39. The van der Waals surface area contributed by atoms with E-state index in [1.165, 1.54) is 18.4 Å². The van der Waals surface area contributed by atoms with Gasteiger partial charge in [-0.2, -0.15) is 0 Å². The molecule has 1 aromatic carbocycles. The molecule has 6 N–H and O–H groups in total.